The molecule has 1 fully saturated rings. The van der Waals surface area contributed by atoms with E-state index in [4.69, 9.17) is 11.6 Å². The molecule has 0 radical (unpaired) electrons. The molecule has 0 aromatic carbocycles. The number of halogens is 1. The molecule has 4 amide bonds. The highest BCUT2D eigenvalue weighted by molar-refractivity contribution is 6.64. The van der Waals surface area contributed by atoms with E-state index in [9.17, 15) is 14.4 Å². The van der Waals surface area contributed by atoms with Gasteiger partial charge in [-0.2, -0.15) is 0 Å². The molecule has 0 N–H and O–H groups in total. The van der Waals surface area contributed by atoms with Crippen LogP contribution < -0.4 is 0 Å². The normalized spacial score (nSPS) is 22.4. The van der Waals surface area contributed by atoms with E-state index in [0.29, 0.717) is 0 Å². The summed E-state index contributed by atoms with van der Waals surface area (Å²) >= 11 is 5.14. The molecular formula is C7H9ClN2O3. The molecule has 1 saturated heterocycles. The number of nitrogens with zero attached hydrogens (tertiary/aromatic N) is 2. The van der Waals surface area contributed by atoms with Crippen molar-refractivity contribution in [1.29, 1.82) is 0 Å². The van der Waals surface area contributed by atoms with Crippen molar-refractivity contribution < 1.29 is 14.4 Å². The van der Waals surface area contributed by atoms with Crippen molar-refractivity contribution in [1.82, 2.24) is 9.80 Å². The summed E-state index contributed by atoms with van der Waals surface area (Å²) in [5, 5.41) is -0.847. The van der Waals surface area contributed by atoms with Crippen LogP contribution >= 0.6 is 11.6 Å². The minimum absolute atomic E-state index is 0.167. The van der Waals surface area contributed by atoms with Crippen molar-refractivity contribution in [2.45, 2.75) is 19.9 Å². The summed E-state index contributed by atoms with van der Waals surface area (Å²) in [5.74, 6) is -0.377. The number of rotatable bonds is 0. The minimum atomic E-state index is -0.847. The third-order valence-corrected chi connectivity index (χ3v) is 2.08. The first-order chi connectivity index (χ1) is 5.95. The summed E-state index contributed by atoms with van der Waals surface area (Å²) in [5.41, 5.74) is 0. The lowest BCUT2D eigenvalue weighted by atomic mass is 10.3. The molecule has 0 aromatic heterocycles. The molecule has 1 rings (SSSR count). The average Bonchev–Trinajstić information content (AvgIpc) is 2.26. The fourth-order valence-electron chi connectivity index (χ4n) is 1.33. The van der Waals surface area contributed by atoms with Crippen LogP contribution in [-0.4, -0.2) is 39.7 Å². The Bertz CT molecular complexity index is 279. The summed E-state index contributed by atoms with van der Waals surface area (Å²) in [7, 11) is 0. The second-order valence-corrected chi connectivity index (χ2v) is 3.21. The van der Waals surface area contributed by atoms with Crippen molar-refractivity contribution in [3.05, 3.63) is 0 Å². The van der Waals surface area contributed by atoms with Gasteiger partial charge in [0, 0.05) is 6.92 Å². The molecule has 72 valence electrons. The smallest absolute Gasteiger partial charge is 0.275 e. The molecule has 5 nitrogen and oxygen atoms in total. The standard InChI is InChI=1S/C7H9ClN2O3/c1-4-3-9(6(8)12)7(13)10(4)5(2)11/h4H,3H2,1-2H3. The van der Waals surface area contributed by atoms with E-state index < -0.39 is 11.4 Å². The van der Waals surface area contributed by atoms with Crippen molar-refractivity contribution >= 4 is 28.9 Å². The molecule has 0 bridgehead atoms. The molecule has 1 aliphatic heterocycles. The van der Waals surface area contributed by atoms with Crippen molar-refractivity contribution in [3.63, 3.8) is 0 Å². The zero-order chi connectivity index (χ0) is 10.2. The van der Waals surface area contributed by atoms with Crippen LogP contribution in [0.2, 0.25) is 0 Å². The lowest BCUT2D eigenvalue weighted by Gasteiger charge is -2.14. The molecular weight excluding hydrogens is 196 g/mol. The van der Waals surface area contributed by atoms with E-state index in [0.717, 1.165) is 9.80 Å². The Morgan fingerprint density at radius 3 is 2.31 bits per heavy atom. The van der Waals surface area contributed by atoms with Gasteiger partial charge in [-0.1, -0.05) is 0 Å². The monoisotopic (exact) mass is 204 g/mol. The quantitative estimate of drug-likeness (QED) is 0.437. The number of hydrogen-bond acceptors (Lipinski definition) is 3. The van der Waals surface area contributed by atoms with Gasteiger partial charge in [0.05, 0.1) is 12.6 Å². The van der Waals surface area contributed by atoms with Crippen LogP contribution in [-0.2, 0) is 4.79 Å². The van der Waals surface area contributed by atoms with Crippen LogP contribution in [0.25, 0.3) is 0 Å². The third-order valence-electron chi connectivity index (χ3n) is 1.88. The van der Waals surface area contributed by atoms with Gasteiger partial charge in [-0.3, -0.25) is 14.5 Å². The summed E-state index contributed by atoms with van der Waals surface area (Å²) in [4.78, 5) is 34.8. The van der Waals surface area contributed by atoms with Gasteiger partial charge in [-0.25, -0.2) is 9.69 Å². The van der Waals surface area contributed by atoms with Crippen LogP contribution in [0.4, 0.5) is 9.59 Å². The first-order valence-electron chi connectivity index (χ1n) is 3.76. The van der Waals surface area contributed by atoms with Crippen LogP contribution in [0.3, 0.4) is 0 Å². The predicted octanol–water partition coefficient (Wildman–Crippen LogP) is 1.02. The van der Waals surface area contributed by atoms with E-state index in [1.54, 1.807) is 6.92 Å². The van der Waals surface area contributed by atoms with Crippen molar-refractivity contribution in [2.24, 2.45) is 0 Å². The SMILES string of the molecule is CC(=O)N1C(=O)N(C(=O)Cl)CC1C. The van der Waals surface area contributed by atoms with Crippen molar-refractivity contribution in [2.75, 3.05) is 6.54 Å². The zero-order valence-corrected chi connectivity index (χ0v) is 8.04. The third kappa shape index (κ3) is 1.65. The number of hydrogen-bond donors (Lipinski definition) is 0. The Kier molecular flexibility index (Phi) is 2.56. The summed E-state index contributed by atoms with van der Waals surface area (Å²) in [6, 6.07) is -0.937. The molecule has 0 spiro atoms. The lowest BCUT2D eigenvalue weighted by molar-refractivity contribution is -0.126. The molecule has 6 heteroatoms. The Morgan fingerprint density at radius 2 is 2.08 bits per heavy atom. The zero-order valence-electron chi connectivity index (χ0n) is 7.28. The van der Waals surface area contributed by atoms with E-state index in [1.807, 2.05) is 0 Å². The Hall–Kier alpha value is -1.10. The molecule has 0 aliphatic carbocycles. The van der Waals surface area contributed by atoms with Crippen LogP contribution in [0, 0.1) is 0 Å². The Labute approximate surface area is 80.2 Å². The first-order valence-corrected chi connectivity index (χ1v) is 4.13. The van der Waals surface area contributed by atoms with E-state index in [-0.39, 0.29) is 18.5 Å². The summed E-state index contributed by atoms with van der Waals surface area (Å²) in [6.45, 7) is 3.12. The fraction of sp³-hybridized carbons (Fsp3) is 0.571. The summed E-state index contributed by atoms with van der Waals surface area (Å²) in [6.07, 6.45) is 0. The second kappa shape index (κ2) is 3.33. The van der Waals surface area contributed by atoms with Crippen LogP contribution in [0.1, 0.15) is 13.8 Å². The molecule has 0 saturated carbocycles. The van der Waals surface area contributed by atoms with Gasteiger partial charge in [0.15, 0.2) is 0 Å². The van der Waals surface area contributed by atoms with Gasteiger partial charge in [0.25, 0.3) is 0 Å². The highest BCUT2D eigenvalue weighted by Gasteiger charge is 2.39. The highest BCUT2D eigenvalue weighted by atomic mass is 35.5. The van der Waals surface area contributed by atoms with Gasteiger partial charge in [0.1, 0.15) is 0 Å². The van der Waals surface area contributed by atoms with Gasteiger partial charge in [-0.05, 0) is 18.5 Å². The molecule has 1 heterocycles. The number of imide groups is 2. The minimum Gasteiger partial charge on any atom is -0.275 e. The number of amides is 4. The molecule has 13 heavy (non-hydrogen) atoms. The van der Waals surface area contributed by atoms with Gasteiger partial charge in [0.2, 0.25) is 5.91 Å². The maximum Gasteiger partial charge on any atom is 0.334 e. The van der Waals surface area contributed by atoms with E-state index in [2.05, 4.69) is 0 Å². The van der Waals surface area contributed by atoms with Gasteiger partial charge < -0.3 is 0 Å². The maximum absolute atomic E-state index is 11.3. The predicted molar refractivity (Wildman–Crippen MR) is 45.3 cm³/mol. The molecule has 0 aromatic rings. The van der Waals surface area contributed by atoms with E-state index in [1.165, 1.54) is 6.92 Å². The number of carbonyl (C=O) groups excluding carboxylic acids is 3. The highest BCUT2D eigenvalue weighted by Crippen LogP contribution is 2.17. The molecule has 1 aliphatic rings. The Morgan fingerprint density at radius 1 is 1.54 bits per heavy atom. The number of urea groups is 1. The van der Waals surface area contributed by atoms with Crippen molar-refractivity contribution in [3.8, 4) is 0 Å². The summed E-state index contributed by atoms with van der Waals surface area (Å²) < 4.78 is 0. The van der Waals surface area contributed by atoms with Gasteiger partial charge in [-0.15, -0.1) is 0 Å². The lowest BCUT2D eigenvalue weighted by Crippen LogP contribution is -2.38. The molecule has 1 atom stereocenters. The van der Waals surface area contributed by atoms with Gasteiger partial charge >= 0.3 is 11.4 Å². The largest absolute Gasteiger partial charge is 0.334 e. The maximum atomic E-state index is 11.3. The Balaban J connectivity index is 2.87. The first kappa shape index (κ1) is 9.98. The fourth-order valence-corrected chi connectivity index (χ4v) is 1.48. The average molecular weight is 205 g/mol. The topological polar surface area (TPSA) is 57.7 Å². The van der Waals surface area contributed by atoms with Crippen LogP contribution in [0.5, 0.6) is 0 Å². The second-order valence-electron chi connectivity index (χ2n) is 2.88. The van der Waals surface area contributed by atoms with Crippen LogP contribution in [0.15, 0.2) is 0 Å². The molecule has 1 unspecified atom stereocenters. The van der Waals surface area contributed by atoms with E-state index >= 15 is 0 Å². The number of carbonyl (C=O) groups is 3.